The minimum atomic E-state index is -3.74. The maximum Gasteiger partial charge on any atom is 0.291 e. The molecule has 0 fully saturated rings. The number of aryl methyl sites for hydroxylation is 1. The van der Waals surface area contributed by atoms with Gasteiger partial charge in [-0.1, -0.05) is 53.0 Å². The van der Waals surface area contributed by atoms with Crippen molar-refractivity contribution in [3.8, 4) is 5.69 Å². The van der Waals surface area contributed by atoms with Crippen molar-refractivity contribution >= 4 is 33.2 Å². The van der Waals surface area contributed by atoms with E-state index in [1.54, 1.807) is 7.05 Å². The summed E-state index contributed by atoms with van der Waals surface area (Å²) in [5.41, 5.74) is 1.79. The van der Waals surface area contributed by atoms with Crippen LogP contribution in [-0.4, -0.2) is 29.6 Å². The second-order valence-corrected chi connectivity index (χ2v) is 9.41. The minimum absolute atomic E-state index is 0.0545. The van der Waals surface area contributed by atoms with Crippen molar-refractivity contribution < 1.29 is 8.42 Å². The number of rotatable bonds is 5. The smallest absolute Gasteiger partial charge is 0.266 e. The molecule has 3 rings (SSSR count). The van der Waals surface area contributed by atoms with Gasteiger partial charge in [0.15, 0.2) is 0 Å². The van der Waals surface area contributed by atoms with Crippen molar-refractivity contribution in [1.29, 1.82) is 0 Å². The first-order valence-electron chi connectivity index (χ1n) is 8.71. The lowest BCUT2D eigenvalue weighted by Crippen LogP contribution is -2.30. The molecule has 0 amide bonds. The van der Waals surface area contributed by atoms with E-state index in [9.17, 15) is 13.2 Å². The SMILES string of the molecule is Cc1ccc(C(C)N(C)S(=O)(=O)c2ccc(-n3ncc(Cl)c(Cl)c3=O)cc2)cc1. The van der Waals surface area contributed by atoms with Gasteiger partial charge < -0.3 is 0 Å². The molecule has 0 aliphatic rings. The van der Waals surface area contributed by atoms with Crippen LogP contribution in [0.1, 0.15) is 24.1 Å². The molecule has 0 aliphatic carbocycles. The maximum absolute atomic E-state index is 13.0. The molecule has 0 N–H and O–H groups in total. The van der Waals surface area contributed by atoms with Gasteiger partial charge in [-0.15, -0.1) is 0 Å². The highest BCUT2D eigenvalue weighted by molar-refractivity contribution is 7.89. The van der Waals surface area contributed by atoms with E-state index in [2.05, 4.69) is 5.10 Å². The van der Waals surface area contributed by atoms with Crippen LogP contribution in [0.15, 0.2) is 64.4 Å². The largest absolute Gasteiger partial charge is 0.291 e. The molecule has 1 unspecified atom stereocenters. The number of hydrogen-bond acceptors (Lipinski definition) is 4. The Morgan fingerprint density at radius 2 is 1.62 bits per heavy atom. The summed E-state index contributed by atoms with van der Waals surface area (Å²) < 4.78 is 28.4. The van der Waals surface area contributed by atoms with Crippen molar-refractivity contribution in [2.75, 3.05) is 7.05 Å². The van der Waals surface area contributed by atoms with Crippen LogP contribution in [0.3, 0.4) is 0 Å². The van der Waals surface area contributed by atoms with Crippen molar-refractivity contribution in [2.24, 2.45) is 0 Å². The summed E-state index contributed by atoms with van der Waals surface area (Å²) in [6.07, 6.45) is 1.26. The molecule has 0 aliphatic heterocycles. The molecule has 0 radical (unpaired) electrons. The summed E-state index contributed by atoms with van der Waals surface area (Å²) in [5.74, 6) is 0. The third kappa shape index (κ3) is 4.23. The highest BCUT2D eigenvalue weighted by Crippen LogP contribution is 2.26. The number of benzene rings is 2. The topological polar surface area (TPSA) is 72.3 Å². The summed E-state index contributed by atoms with van der Waals surface area (Å²) in [5, 5.41) is 3.85. The minimum Gasteiger partial charge on any atom is -0.266 e. The van der Waals surface area contributed by atoms with Crippen LogP contribution in [0.4, 0.5) is 0 Å². The second-order valence-electron chi connectivity index (χ2n) is 6.63. The van der Waals surface area contributed by atoms with Gasteiger partial charge in [0.05, 0.1) is 21.8 Å². The molecule has 152 valence electrons. The molecule has 0 bridgehead atoms. The molecule has 1 atom stereocenters. The van der Waals surface area contributed by atoms with Gasteiger partial charge in [0.1, 0.15) is 5.02 Å². The first kappa shape index (κ1) is 21.5. The van der Waals surface area contributed by atoms with Crippen LogP contribution in [0.5, 0.6) is 0 Å². The van der Waals surface area contributed by atoms with E-state index in [-0.39, 0.29) is 21.0 Å². The fourth-order valence-corrected chi connectivity index (χ4v) is 4.39. The van der Waals surface area contributed by atoms with E-state index >= 15 is 0 Å². The lowest BCUT2D eigenvalue weighted by Gasteiger charge is -2.25. The van der Waals surface area contributed by atoms with Crippen molar-refractivity contribution in [2.45, 2.75) is 24.8 Å². The number of aromatic nitrogens is 2. The van der Waals surface area contributed by atoms with Crippen LogP contribution >= 0.6 is 23.2 Å². The number of sulfonamides is 1. The molecule has 0 spiro atoms. The van der Waals surface area contributed by atoms with E-state index in [1.165, 1.54) is 34.8 Å². The van der Waals surface area contributed by atoms with Gasteiger partial charge in [-0.2, -0.15) is 14.1 Å². The molecule has 2 aromatic carbocycles. The molecule has 3 aromatic rings. The third-order valence-corrected chi connectivity index (χ3v) is 7.43. The van der Waals surface area contributed by atoms with Crippen LogP contribution in [0.25, 0.3) is 5.69 Å². The zero-order chi connectivity index (χ0) is 21.3. The van der Waals surface area contributed by atoms with E-state index in [0.29, 0.717) is 5.69 Å². The lowest BCUT2D eigenvalue weighted by atomic mass is 10.1. The maximum atomic E-state index is 13.0. The van der Waals surface area contributed by atoms with E-state index in [4.69, 9.17) is 23.2 Å². The lowest BCUT2D eigenvalue weighted by molar-refractivity contribution is 0.398. The standard InChI is InChI=1S/C20H19Cl2N3O3S/c1-13-4-6-15(7-5-13)14(2)24(3)29(27,28)17-10-8-16(9-11-17)25-20(26)19(22)18(21)12-23-25/h4-12,14H,1-3H3. The fraction of sp³-hybridized carbons (Fsp3) is 0.200. The van der Waals surface area contributed by atoms with Gasteiger partial charge in [0.2, 0.25) is 10.0 Å². The monoisotopic (exact) mass is 451 g/mol. The quantitative estimate of drug-likeness (QED) is 0.581. The van der Waals surface area contributed by atoms with Crippen LogP contribution in [-0.2, 0) is 10.0 Å². The molecule has 29 heavy (non-hydrogen) atoms. The average Bonchev–Trinajstić information content (AvgIpc) is 2.72. The number of halogens is 2. The molecular weight excluding hydrogens is 433 g/mol. The van der Waals surface area contributed by atoms with Crippen molar-refractivity contribution in [1.82, 2.24) is 14.1 Å². The van der Waals surface area contributed by atoms with Gasteiger partial charge in [0.25, 0.3) is 5.56 Å². The van der Waals surface area contributed by atoms with Crippen LogP contribution in [0.2, 0.25) is 10.0 Å². The summed E-state index contributed by atoms with van der Waals surface area (Å²) >= 11 is 11.7. The molecule has 9 heteroatoms. The Labute approximate surface area is 179 Å². The van der Waals surface area contributed by atoms with Gasteiger partial charge in [-0.05, 0) is 43.7 Å². The van der Waals surface area contributed by atoms with E-state index in [0.717, 1.165) is 15.8 Å². The Morgan fingerprint density at radius 1 is 1.03 bits per heavy atom. The summed E-state index contributed by atoms with van der Waals surface area (Å²) in [4.78, 5) is 12.3. The average molecular weight is 452 g/mol. The highest BCUT2D eigenvalue weighted by Gasteiger charge is 2.26. The van der Waals surface area contributed by atoms with Gasteiger partial charge in [0, 0.05) is 13.1 Å². The molecule has 1 aromatic heterocycles. The highest BCUT2D eigenvalue weighted by atomic mass is 35.5. The number of nitrogens with zero attached hydrogens (tertiary/aromatic N) is 3. The predicted octanol–water partition coefficient (Wildman–Crippen LogP) is 4.23. The Kier molecular flexibility index (Phi) is 6.14. The summed E-state index contributed by atoms with van der Waals surface area (Å²) in [6.45, 7) is 3.81. The van der Waals surface area contributed by atoms with Gasteiger partial charge in [-0.25, -0.2) is 8.42 Å². The zero-order valence-corrected chi connectivity index (χ0v) is 18.3. The molecule has 1 heterocycles. The summed E-state index contributed by atoms with van der Waals surface area (Å²) in [7, 11) is -2.20. The van der Waals surface area contributed by atoms with Crippen LogP contribution < -0.4 is 5.56 Å². The Bertz CT molecular complexity index is 1190. The Morgan fingerprint density at radius 3 is 2.21 bits per heavy atom. The molecule has 0 saturated heterocycles. The zero-order valence-electron chi connectivity index (χ0n) is 16.0. The Hall–Kier alpha value is -2.19. The second kappa shape index (κ2) is 8.28. The molecule has 0 saturated carbocycles. The predicted molar refractivity (Wildman–Crippen MR) is 114 cm³/mol. The van der Waals surface area contributed by atoms with Gasteiger partial charge in [-0.3, -0.25) is 4.79 Å². The first-order valence-corrected chi connectivity index (χ1v) is 10.9. The fourth-order valence-electron chi connectivity index (χ4n) is 2.79. The molecule has 6 nitrogen and oxygen atoms in total. The third-order valence-electron chi connectivity index (χ3n) is 4.74. The Balaban J connectivity index is 1.91. The van der Waals surface area contributed by atoms with Crippen molar-refractivity contribution in [3.63, 3.8) is 0 Å². The summed E-state index contributed by atoms with van der Waals surface area (Å²) in [6, 6.07) is 13.2. The van der Waals surface area contributed by atoms with E-state index < -0.39 is 15.6 Å². The first-order chi connectivity index (χ1) is 13.6. The number of hydrogen-bond donors (Lipinski definition) is 0. The van der Waals surface area contributed by atoms with Gasteiger partial charge >= 0.3 is 0 Å². The van der Waals surface area contributed by atoms with Crippen molar-refractivity contribution in [3.05, 3.63) is 86.3 Å². The van der Waals surface area contributed by atoms with E-state index in [1.807, 2.05) is 38.1 Å². The molecular formula is C20H19Cl2N3O3S. The van der Waals surface area contributed by atoms with Crippen LogP contribution in [0, 0.1) is 6.92 Å². The normalized spacial score (nSPS) is 12.9.